The Labute approximate surface area is 126 Å². The van der Waals surface area contributed by atoms with Crippen LogP contribution in [-0.4, -0.2) is 26.8 Å². The van der Waals surface area contributed by atoms with E-state index < -0.39 is 5.97 Å². The second-order valence-corrected chi connectivity index (χ2v) is 5.50. The van der Waals surface area contributed by atoms with Crippen molar-refractivity contribution in [1.29, 1.82) is 0 Å². The highest BCUT2D eigenvalue weighted by Crippen LogP contribution is 2.47. The summed E-state index contributed by atoms with van der Waals surface area (Å²) in [4.78, 5) is 12.3. The largest absolute Gasteiger partial charge is 0.494 e. The van der Waals surface area contributed by atoms with E-state index in [2.05, 4.69) is 0 Å². The lowest BCUT2D eigenvalue weighted by Gasteiger charge is -2.13. The van der Waals surface area contributed by atoms with Gasteiger partial charge in [0.25, 0.3) is 0 Å². The first-order valence-corrected chi connectivity index (χ1v) is 7.33. The lowest BCUT2D eigenvalue weighted by atomic mass is 9.98. The molecule has 2 heterocycles. The van der Waals surface area contributed by atoms with Crippen LogP contribution in [0.4, 0.5) is 5.69 Å². The number of benzene rings is 1. The van der Waals surface area contributed by atoms with Crippen molar-refractivity contribution < 1.29 is 19.0 Å². The van der Waals surface area contributed by atoms with E-state index in [0.29, 0.717) is 28.7 Å². The Kier molecular flexibility index (Phi) is 3.47. The maximum Gasteiger partial charge on any atom is 0.351 e. The van der Waals surface area contributed by atoms with Crippen LogP contribution in [-0.2, 0) is 11.2 Å². The fourth-order valence-corrected chi connectivity index (χ4v) is 3.44. The van der Waals surface area contributed by atoms with E-state index in [4.69, 9.17) is 19.9 Å². The van der Waals surface area contributed by atoms with Crippen LogP contribution in [0.1, 0.15) is 15.2 Å². The van der Waals surface area contributed by atoms with Gasteiger partial charge in [-0.1, -0.05) is 6.07 Å². The van der Waals surface area contributed by atoms with E-state index in [1.807, 2.05) is 17.5 Å². The quantitative estimate of drug-likeness (QED) is 0.682. The molecule has 0 fully saturated rings. The number of ether oxygens (including phenoxy) is 3. The average Bonchev–Trinajstić information content (AvgIpc) is 2.82. The Morgan fingerprint density at radius 2 is 2.19 bits per heavy atom. The third kappa shape index (κ3) is 2.12. The van der Waals surface area contributed by atoms with Gasteiger partial charge in [-0.15, -0.1) is 11.3 Å². The number of thiophene rings is 1. The minimum atomic E-state index is -0.396. The molecule has 1 aliphatic heterocycles. The van der Waals surface area contributed by atoms with Gasteiger partial charge in [-0.05, 0) is 11.6 Å². The van der Waals surface area contributed by atoms with Gasteiger partial charge in [0, 0.05) is 22.9 Å². The van der Waals surface area contributed by atoms with Crippen molar-refractivity contribution in [3.05, 3.63) is 28.0 Å². The molecule has 110 valence electrons. The molecule has 1 aromatic carbocycles. The lowest BCUT2D eigenvalue weighted by molar-refractivity contribution is 0.0602. The molecule has 1 aliphatic rings. The molecular weight excluding hydrogens is 290 g/mol. The smallest absolute Gasteiger partial charge is 0.351 e. The maximum atomic E-state index is 11.8. The third-order valence-electron chi connectivity index (χ3n) is 3.48. The van der Waals surface area contributed by atoms with Gasteiger partial charge in [-0.2, -0.15) is 0 Å². The monoisotopic (exact) mass is 305 g/mol. The molecule has 2 aromatic rings. The first kappa shape index (κ1) is 13.8. The zero-order chi connectivity index (χ0) is 15.0. The van der Waals surface area contributed by atoms with Crippen molar-refractivity contribution >= 4 is 23.0 Å². The first-order chi connectivity index (χ1) is 10.2. The van der Waals surface area contributed by atoms with Crippen molar-refractivity contribution in [2.45, 2.75) is 6.42 Å². The highest BCUT2D eigenvalue weighted by molar-refractivity contribution is 7.12. The highest BCUT2D eigenvalue weighted by Gasteiger charge is 2.27. The minimum Gasteiger partial charge on any atom is -0.494 e. The molecular formula is C15H15NO4S. The third-order valence-corrected chi connectivity index (χ3v) is 4.42. The normalized spacial score (nSPS) is 12.7. The number of carbonyl (C=O) groups is 1. The number of rotatable bonds is 2. The topological polar surface area (TPSA) is 70.8 Å². The predicted molar refractivity (Wildman–Crippen MR) is 81.3 cm³/mol. The van der Waals surface area contributed by atoms with Gasteiger partial charge in [0.1, 0.15) is 5.75 Å². The predicted octanol–water partition coefficient (Wildman–Crippen LogP) is 2.73. The summed E-state index contributed by atoms with van der Waals surface area (Å²) in [5.41, 5.74) is 9.39. The van der Waals surface area contributed by atoms with E-state index in [1.54, 1.807) is 7.11 Å². The second kappa shape index (κ2) is 5.29. The van der Waals surface area contributed by atoms with Crippen LogP contribution in [0.15, 0.2) is 17.5 Å². The van der Waals surface area contributed by atoms with Crippen LogP contribution in [0.2, 0.25) is 0 Å². The van der Waals surface area contributed by atoms with E-state index in [0.717, 1.165) is 23.1 Å². The molecule has 0 saturated carbocycles. The summed E-state index contributed by atoms with van der Waals surface area (Å²) in [6, 6.07) is 3.80. The van der Waals surface area contributed by atoms with E-state index in [9.17, 15) is 4.79 Å². The average molecular weight is 305 g/mol. The molecule has 6 heteroatoms. The van der Waals surface area contributed by atoms with Crippen molar-refractivity contribution in [2.24, 2.45) is 0 Å². The highest BCUT2D eigenvalue weighted by atomic mass is 32.1. The van der Waals surface area contributed by atoms with Crippen molar-refractivity contribution in [3.63, 3.8) is 0 Å². The van der Waals surface area contributed by atoms with Gasteiger partial charge in [0.05, 0.1) is 26.5 Å². The Morgan fingerprint density at radius 3 is 2.90 bits per heavy atom. The van der Waals surface area contributed by atoms with Crippen LogP contribution in [0.25, 0.3) is 11.1 Å². The molecule has 0 spiro atoms. The lowest BCUT2D eigenvalue weighted by Crippen LogP contribution is -2.04. The zero-order valence-electron chi connectivity index (χ0n) is 11.8. The Balaban J connectivity index is 2.26. The molecule has 1 aromatic heterocycles. The summed E-state index contributed by atoms with van der Waals surface area (Å²) < 4.78 is 16.0. The summed E-state index contributed by atoms with van der Waals surface area (Å²) in [6.45, 7) is 0.494. The molecule has 0 atom stereocenters. The Bertz CT molecular complexity index is 708. The number of fused-ring (bicyclic) bond motifs is 3. The van der Waals surface area contributed by atoms with Crippen LogP contribution in [0.5, 0.6) is 11.5 Å². The molecule has 0 unspecified atom stereocenters. The summed E-state index contributed by atoms with van der Waals surface area (Å²) in [7, 11) is 2.95. The molecule has 0 saturated heterocycles. The van der Waals surface area contributed by atoms with Gasteiger partial charge in [-0.25, -0.2) is 4.79 Å². The Morgan fingerprint density at radius 1 is 1.38 bits per heavy atom. The van der Waals surface area contributed by atoms with Gasteiger partial charge >= 0.3 is 5.97 Å². The van der Waals surface area contributed by atoms with Gasteiger partial charge in [0.15, 0.2) is 10.6 Å². The number of hydrogen-bond donors (Lipinski definition) is 1. The SMILES string of the molecule is COC(=O)c1scc2c1OCCc1ccc(N)c(OC)c1-2. The van der Waals surface area contributed by atoms with Crippen molar-refractivity contribution in [2.75, 3.05) is 26.6 Å². The van der Waals surface area contributed by atoms with E-state index in [1.165, 1.54) is 18.4 Å². The molecule has 0 amide bonds. The molecule has 21 heavy (non-hydrogen) atoms. The fraction of sp³-hybridized carbons (Fsp3) is 0.267. The molecule has 5 nitrogen and oxygen atoms in total. The van der Waals surface area contributed by atoms with Crippen LogP contribution in [0, 0.1) is 0 Å². The zero-order valence-corrected chi connectivity index (χ0v) is 12.6. The number of hydrogen-bond acceptors (Lipinski definition) is 6. The summed E-state index contributed by atoms with van der Waals surface area (Å²) in [6.07, 6.45) is 0.728. The van der Waals surface area contributed by atoms with Gasteiger partial charge in [0.2, 0.25) is 0 Å². The van der Waals surface area contributed by atoms with Crippen LogP contribution in [0.3, 0.4) is 0 Å². The summed E-state index contributed by atoms with van der Waals surface area (Å²) >= 11 is 1.30. The number of esters is 1. The van der Waals surface area contributed by atoms with E-state index in [-0.39, 0.29) is 0 Å². The summed E-state index contributed by atoms with van der Waals surface area (Å²) in [5.74, 6) is 0.774. The fourth-order valence-electron chi connectivity index (χ4n) is 2.52. The number of nitrogens with two attached hydrogens (primary N) is 1. The summed E-state index contributed by atoms with van der Waals surface area (Å²) in [5, 5.41) is 1.88. The maximum absolute atomic E-state index is 11.8. The van der Waals surface area contributed by atoms with Gasteiger partial charge < -0.3 is 19.9 Å². The van der Waals surface area contributed by atoms with E-state index >= 15 is 0 Å². The second-order valence-electron chi connectivity index (χ2n) is 4.62. The number of carbonyl (C=O) groups excluding carboxylic acids is 1. The minimum absolute atomic E-state index is 0.396. The molecule has 0 bridgehead atoms. The molecule has 2 N–H and O–H groups in total. The number of nitrogen functional groups attached to an aromatic ring is 1. The van der Waals surface area contributed by atoms with Crippen molar-refractivity contribution in [3.8, 4) is 22.6 Å². The van der Waals surface area contributed by atoms with Crippen LogP contribution >= 0.6 is 11.3 Å². The molecule has 0 radical (unpaired) electrons. The Hall–Kier alpha value is -2.21. The van der Waals surface area contributed by atoms with Crippen LogP contribution < -0.4 is 15.2 Å². The number of methoxy groups -OCH3 is 2. The van der Waals surface area contributed by atoms with Crippen molar-refractivity contribution in [1.82, 2.24) is 0 Å². The molecule has 0 aliphatic carbocycles. The first-order valence-electron chi connectivity index (χ1n) is 6.45. The standard InChI is InChI=1S/C15H15NO4S/c1-18-13-10(16)4-3-8-5-6-20-12-9(11(8)13)7-21-14(12)15(17)19-2/h3-4,7H,5-6,16H2,1-2H3. The molecule has 3 rings (SSSR count). The number of anilines is 1. The van der Waals surface area contributed by atoms with Gasteiger partial charge in [-0.3, -0.25) is 0 Å².